The van der Waals surface area contributed by atoms with Crippen LogP contribution in [-0.2, 0) is 0 Å². The highest BCUT2D eigenvalue weighted by atomic mass is 16.7. The maximum atomic E-state index is 12.6. The molecule has 0 radical (unpaired) electrons. The van der Waals surface area contributed by atoms with E-state index in [1.54, 1.807) is 29.1 Å². The minimum atomic E-state index is -0.353. The summed E-state index contributed by atoms with van der Waals surface area (Å²) >= 11 is 0. The number of carbonyl (C=O) groups excluding carboxylic acids is 1. The van der Waals surface area contributed by atoms with E-state index in [0.29, 0.717) is 23.7 Å². The highest BCUT2D eigenvalue weighted by Gasteiger charge is 2.16. The minimum absolute atomic E-state index is 0.151. The van der Waals surface area contributed by atoms with Crippen molar-refractivity contribution < 1.29 is 19.0 Å². The van der Waals surface area contributed by atoms with Crippen LogP contribution in [0.3, 0.4) is 0 Å². The molecule has 0 aliphatic carbocycles. The number of benzene rings is 3. The first-order valence-corrected chi connectivity index (χ1v) is 11.3. The molecule has 5 rings (SSSR count). The molecule has 0 atom stereocenters. The highest BCUT2D eigenvalue weighted by molar-refractivity contribution is 5.96. The number of aromatic nitrogens is 2. The first-order chi connectivity index (χ1) is 17.2. The van der Waals surface area contributed by atoms with Gasteiger partial charge in [-0.15, -0.1) is 0 Å². The zero-order chi connectivity index (χ0) is 24.0. The third-order valence-corrected chi connectivity index (χ3v) is 5.37. The van der Waals surface area contributed by atoms with Crippen molar-refractivity contribution in [1.29, 1.82) is 0 Å². The Morgan fingerprint density at radius 3 is 2.69 bits per heavy atom. The van der Waals surface area contributed by atoms with Gasteiger partial charge in [-0.2, -0.15) is 10.2 Å². The minimum Gasteiger partial charge on any atom is -0.494 e. The lowest BCUT2D eigenvalue weighted by atomic mass is 10.1. The van der Waals surface area contributed by atoms with Crippen LogP contribution >= 0.6 is 0 Å². The van der Waals surface area contributed by atoms with Gasteiger partial charge < -0.3 is 14.2 Å². The summed E-state index contributed by atoms with van der Waals surface area (Å²) in [6.07, 6.45) is 4.42. The molecule has 1 aromatic heterocycles. The molecule has 4 aromatic rings. The van der Waals surface area contributed by atoms with Crippen molar-refractivity contribution in [2.45, 2.75) is 13.3 Å². The van der Waals surface area contributed by atoms with Crippen molar-refractivity contribution in [2.24, 2.45) is 5.10 Å². The first-order valence-electron chi connectivity index (χ1n) is 11.3. The van der Waals surface area contributed by atoms with Gasteiger partial charge in [0.2, 0.25) is 6.79 Å². The van der Waals surface area contributed by atoms with E-state index in [2.05, 4.69) is 17.5 Å². The molecule has 0 fully saturated rings. The number of ether oxygens (including phenoxy) is 3. The van der Waals surface area contributed by atoms with E-state index in [1.807, 2.05) is 60.8 Å². The Kier molecular flexibility index (Phi) is 6.43. The maximum absolute atomic E-state index is 12.6. The normalized spacial score (nSPS) is 12.1. The van der Waals surface area contributed by atoms with Gasteiger partial charge in [0.05, 0.1) is 18.5 Å². The van der Waals surface area contributed by atoms with E-state index in [1.165, 1.54) is 0 Å². The van der Waals surface area contributed by atoms with Crippen LogP contribution in [0.5, 0.6) is 17.2 Å². The van der Waals surface area contributed by atoms with Gasteiger partial charge in [0, 0.05) is 22.9 Å². The van der Waals surface area contributed by atoms with Crippen LogP contribution in [0.25, 0.3) is 16.9 Å². The number of amides is 1. The summed E-state index contributed by atoms with van der Waals surface area (Å²) in [4.78, 5) is 12.6. The lowest BCUT2D eigenvalue weighted by molar-refractivity contribution is 0.0954. The molecule has 8 nitrogen and oxygen atoms in total. The predicted molar refractivity (Wildman–Crippen MR) is 132 cm³/mol. The summed E-state index contributed by atoms with van der Waals surface area (Å²) < 4.78 is 18.1. The molecule has 0 saturated carbocycles. The van der Waals surface area contributed by atoms with Crippen molar-refractivity contribution in [3.8, 4) is 34.2 Å². The van der Waals surface area contributed by atoms with Crippen LogP contribution in [0.4, 0.5) is 0 Å². The smallest absolute Gasteiger partial charge is 0.271 e. The molecular formula is C27H24N4O4. The quantitative estimate of drug-likeness (QED) is 0.296. The average molecular weight is 469 g/mol. The summed E-state index contributed by atoms with van der Waals surface area (Å²) in [5, 5.41) is 8.97. The Morgan fingerprint density at radius 1 is 1.09 bits per heavy atom. The first kappa shape index (κ1) is 22.2. The van der Waals surface area contributed by atoms with Crippen molar-refractivity contribution in [3.05, 3.63) is 90.1 Å². The van der Waals surface area contributed by atoms with Crippen LogP contribution in [0.1, 0.15) is 29.3 Å². The molecule has 1 aliphatic heterocycles. The lowest BCUT2D eigenvalue weighted by Gasteiger charge is -2.05. The molecule has 1 amide bonds. The number of para-hydroxylation sites is 1. The van der Waals surface area contributed by atoms with Gasteiger partial charge in [-0.25, -0.2) is 10.1 Å². The summed E-state index contributed by atoms with van der Waals surface area (Å²) in [6, 6.07) is 22.6. The summed E-state index contributed by atoms with van der Waals surface area (Å²) in [5.41, 5.74) is 6.31. The largest absolute Gasteiger partial charge is 0.494 e. The second-order valence-electron chi connectivity index (χ2n) is 7.85. The number of fused-ring (bicyclic) bond motifs is 1. The Hall–Kier alpha value is -4.59. The van der Waals surface area contributed by atoms with Gasteiger partial charge in [0.15, 0.2) is 11.5 Å². The molecule has 0 saturated heterocycles. The SMILES string of the molecule is CCCOc1ccc(-c2nn(-c3ccccc3)cc2C=NNC(=O)c2ccc3c(c2)OCO3)cc1. The average Bonchev–Trinajstić information content (AvgIpc) is 3.55. The highest BCUT2D eigenvalue weighted by Crippen LogP contribution is 2.32. The van der Waals surface area contributed by atoms with Crippen molar-refractivity contribution in [1.82, 2.24) is 15.2 Å². The van der Waals surface area contributed by atoms with Gasteiger partial charge in [-0.05, 0) is 61.0 Å². The fourth-order valence-electron chi connectivity index (χ4n) is 3.61. The maximum Gasteiger partial charge on any atom is 0.271 e. The predicted octanol–water partition coefficient (Wildman–Crippen LogP) is 4.82. The van der Waals surface area contributed by atoms with Gasteiger partial charge in [0.25, 0.3) is 5.91 Å². The van der Waals surface area contributed by atoms with Gasteiger partial charge in [-0.1, -0.05) is 25.1 Å². The van der Waals surface area contributed by atoms with E-state index in [0.717, 1.165) is 34.7 Å². The second kappa shape index (κ2) is 10.1. The Bertz CT molecular complexity index is 1350. The summed E-state index contributed by atoms with van der Waals surface area (Å²) in [7, 11) is 0. The number of rotatable bonds is 8. The third-order valence-electron chi connectivity index (χ3n) is 5.37. The third kappa shape index (κ3) is 5.01. The van der Waals surface area contributed by atoms with Gasteiger partial charge >= 0.3 is 0 Å². The molecule has 176 valence electrons. The Balaban J connectivity index is 1.39. The van der Waals surface area contributed by atoms with Crippen molar-refractivity contribution >= 4 is 12.1 Å². The van der Waals surface area contributed by atoms with E-state index in [-0.39, 0.29) is 12.7 Å². The number of hydrazone groups is 1. The Morgan fingerprint density at radius 2 is 1.89 bits per heavy atom. The van der Waals surface area contributed by atoms with Gasteiger partial charge in [0.1, 0.15) is 11.4 Å². The van der Waals surface area contributed by atoms with E-state index in [9.17, 15) is 4.79 Å². The zero-order valence-corrected chi connectivity index (χ0v) is 19.2. The molecule has 0 spiro atoms. The number of hydrogen-bond donors (Lipinski definition) is 1. The van der Waals surface area contributed by atoms with Crippen LogP contribution in [0.2, 0.25) is 0 Å². The molecule has 0 unspecified atom stereocenters. The molecule has 35 heavy (non-hydrogen) atoms. The monoisotopic (exact) mass is 468 g/mol. The summed E-state index contributed by atoms with van der Waals surface area (Å²) in [5.74, 6) is 1.62. The van der Waals surface area contributed by atoms with Crippen LogP contribution < -0.4 is 19.6 Å². The molecular weight excluding hydrogens is 444 g/mol. The molecule has 0 bridgehead atoms. The van der Waals surface area contributed by atoms with Crippen molar-refractivity contribution in [2.75, 3.05) is 13.4 Å². The van der Waals surface area contributed by atoms with Gasteiger partial charge in [-0.3, -0.25) is 4.79 Å². The molecule has 8 heteroatoms. The lowest BCUT2D eigenvalue weighted by Crippen LogP contribution is -2.17. The number of carbonyl (C=O) groups is 1. The molecule has 1 aliphatic rings. The van der Waals surface area contributed by atoms with Crippen LogP contribution in [0.15, 0.2) is 84.1 Å². The Labute approximate surface area is 202 Å². The fraction of sp³-hybridized carbons (Fsp3) is 0.148. The molecule has 2 heterocycles. The number of nitrogens with one attached hydrogen (secondary N) is 1. The topological polar surface area (TPSA) is 87.0 Å². The molecule has 1 N–H and O–H groups in total. The standard InChI is InChI=1S/C27H24N4O4/c1-2-14-33-23-11-8-19(9-12-23)26-21(17-31(30-26)22-6-4-3-5-7-22)16-28-29-27(32)20-10-13-24-25(15-20)35-18-34-24/h3-13,15-17H,2,14,18H2,1H3,(H,29,32). The van der Waals surface area contributed by atoms with E-state index < -0.39 is 0 Å². The number of hydrogen-bond acceptors (Lipinski definition) is 6. The van der Waals surface area contributed by atoms with Crippen LogP contribution in [-0.4, -0.2) is 35.3 Å². The zero-order valence-electron chi connectivity index (χ0n) is 19.2. The van der Waals surface area contributed by atoms with Crippen LogP contribution in [0, 0.1) is 0 Å². The molecule has 3 aromatic carbocycles. The van der Waals surface area contributed by atoms with E-state index >= 15 is 0 Å². The second-order valence-corrected chi connectivity index (χ2v) is 7.85. The van der Waals surface area contributed by atoms with Crippen molar-refractivity contribution in [3.63, 3.8) is 0 Å². The van der Waals surface area contributed by atoms with E-state index in [4.69, 9.17) is 19.3 Å². The fourth-order valence-corrected chi connectivity index (χ4v) is 3.61. The summed E-state index contributed by atoms with van der Waals surface area (Å²) in [6.45, 7) is 2.89. The number of nitrogens with zero attached hydrogens (tertiary/aromatic N) is 3.